The van der Waals surface area contributed by atoms with Crippen LogP contribution in [0.15, 0.2) is 4.79 Å². The quantitative estimate of drug-likeness (QED) is 0.638. The lowest BCUT2D eigenvalue weighted by atomic mass is 10.1. The number of ether oxygens (including phenoxy) is 1. The highest BCUT2D eigenvalue weighted by Crippen LogP contribution is 2.08. The Labute approximate surface area is 124 Å². The van der Waals surface area contributed by atoms with E-state index in [0.717, 1.165) is 70.0 Å². The van der Waals surface area contributed by atoms with Crippen molar-refractivity contribution in [2.24, 2.45) is 0 Å². The first-order valence-electron chi connectivity index (χ1n) is 7.70. The molecule has 1 saturated heterocycles. The van der Waals surface area contributed by atoms with E-state index in [4.69, 9.17) is 4.74 Å². The summed E-state index contributed by atoms with van der Waals surface area (Å²) < 4.78 is 5.33. The number of H-pyrrole nitrogens is 1. The van der Waals surface area contributed by atoms with Crippen LogP contribution in [-0.2, 0) is 17.7 Å². The van der Waals surface area contributed by atoms with E-state index < -0.39 is 0 Å². The van der Waals surface area contributed by atoms with E-state index in [9.17, 15) is 4.79 Å². The molecular formula is C14H23N5O2. The van der Waals surface area contributed by atoms with Crippen molar-refractivity contribution in [2.45, 2.75) is 19.4 Å². The Bertz CT molecular complexity index is 525. The molecule has 7 heteroatoms. The van der Waals surface area contributed by atoms with Gasteiger partial charge in [0.15, 0.2) is 0 Å². The van der Waals surface area contributed by atoms with E-state index in [2.05, 4.69) is 25.5 Å². The molecule has 2 aliphatic heterocycles. The number of fused-ring (bicyclic) bond motifs is 1. The van der Waals surface area contributed by atoms with Gasteiger partial charge in [-0.1, -0.05) is 0 Å². The zero-order valence-electron chi connectivity index (χ0n) is 12.3. The van der Waals surface area contributed by atoms with E-state index in [1.165, 1.54) is 0 Å². The van der Waals surface area contributed by atoms with Gasteiger partial charge in [-0.15, -0.1) is 0 Å². The van der Waals surface area contributed by atoms with Crippen LogP contribution in [-0.4, -0.2) is 60.8 Å². The van der Waals surface area contributed by atoms with Crippen molar-refractivity contribution in [3.63, 3.8) is 0 Å². The van der Waals surface area contributed by atoms with Gasteiger partial charge in [0.25, 0.3) is 5.56 Å². The van der Waals surface area contributed by atoms with Crippen molar-refractivity contribution < 1.29 is 4.74 Å². The van der Waals surface area contributed by atoms with Crippen LogP contribution in [0.25, 0.3) is 0 Å². The van der Waals surface area contributed by atoms with Gasteiger partial charge in [-0.25, -0.2) is 4.98 Å². The summed E-state index contributed by atoms with van der Waals surface area (Å²) in [7, 11) is 0. The van der Waals surface area contributed by atoms with E-state index in [-0.39, 0.29) is 5.56 Å². The summed E-state index contributed by atoms with van der Waals surface area (Å²) in [6, 6.07) is 0. The van der Waals surface area contributed by atoms with Crippen LogP contribution in [0.3, 0.4) is 0 Å². The number of anilines is 1. The van der Waals surface area contributed by atoms with Gasteiger partial charge in [0.2, 0.25) is 5.95 Å². The average Bonchev–Trinajstić information content (AvgIpc) is 2.53. The molecule has 21 heavy (non-hydrogen) atoms. The maximum Gasteiger partial charge on any atom is 0.255 e. The molecule has 1 fully saturated rings. The second-order valence-electron chi connectivity index (χ2n) is 5.50. The molecule has 0 bridgehead atoms. The lowest BCUT2D eigenvalue weighted by Crippen LogP contribution is -2.37. The summed E-state index contributed by atoms with van der Waals surface area (Å²) in [5.74, 6) is 0.587. The molecule has 3 heterocycles. The highest BCUT2D eigenvalue weighted by molar-refractivity contribution is 5.30. The lowest BCUT2D eigenvalue weighted by Gasteiger charge is -2.26. The predicted molar refractivity (Wildman–Crippen MR) is 80.6 cm³/mol. The molecule has 116 valence electrons. The van der Waals surface area contributed by atoms with Crippen LogP contribution in [0.5, 0.6) is 0 Å². The van der Waals surface area contributed by atoms with E-state index in [0.29, 0.717) is 12.5 Å². The van der Waals surface area contributed by atoms with Crippen molar-refractivity contribution in [1.82, 2.24) is 20.2 Å². The van der Waals surface area contributed by atoms with Gasteiger partial charge < -0.3 is 15.4 Å². The van der Waals surface area contributed by atoms with Crippen molar-refractivity contribution in [2.75, 3.05) is 51.3 Å². The van der Waals surface area contributed by atoms with Gasteiger partial charge in [-0.2, -0.15) is 0 Å². The fourth-order valence-corrected chi connectivity index (χ4v) is 2.79. The zero-order valence-corrected chi connectivity index (χ0v) is 12.3. The SMILES string of the molecule is O=c1[nH]c(NCCCN2CCOCC2)nc2c1CCNC2. The van der Waals surface area contributed by atoms with Gasteiger partial charge in [0.05, 0.1) is 18.9 Å². The molecule has 0 aromatic carbocycles. The standard InChI is InChI=1S/C14H23N5O2/c20-13-11-2-4-15-10-12(11)17-14(18-13)16-3-1-5-19-6-8-21-9-7-19/h15H,1-10H2,(H2,16,17,18,20). The van der Waals surface area contributed by atoms with Crippen LogP contribution in [0, 0.1) is 0 Å². The van der Waals surface area contributed by atoms with E-state index in [1.807, 2.05) is 0 Å². The number of hydrogen-bond donors (Lipinski definition) is 3. The smallest absolute Gasteiger partial charge is 0.255 e. The number of nitrogens with one attached hydrogen (secondary N) is 3. The minimum Gasteiger partial charge on any atom is -0.379 e. The molecule has 0 unspecified atom stereocenters. The van der Waals surface area contributed by atoms with Crippen molar-refractivity contribution >= 4 is 5.95 Å². The third-order valence-corrected chi connectivity index (χ3v) is 3.99. The zero-order chi connectivity index (χ0) is 14.5. The topological polar surface area (TPSA) is 82.3 Å². The first-order chi connectivity index (χ1) is 10.3. The Balaban J connectivity index is 1.49. The summed E-state index contributed by atoms with van der Waals surface area (Å²) >= 11 is 0. The number of rotatable bonds is 5. The number of nitrogens with zero attached hydrogens (tertiary/aromatic N) is 2. The molecule has 0 atom stereocenters. The maximum atomic E-state index is 12.0. The van der Waals surface area contributed by atoms with Gasteiger partial charge in [0, 0.05) is 31.7 Å². The van der Waals surface area contributed by atoms with Gasteiger partial charge in [0.1, 0.15) is 0 Å². The maximum absolute atomic E-state index is 12.0. The fourth-order valence-electron chi connectivity index (χ4n) is 2.79. The van der Waals surface area contributed by atoms with Crippen LogP contribution in [0.2, 0.25) is 0 Å². The van der Waals surface area contributed by atoms with E-state index >= 15 is 0 Å². The van der Waals surface area contributed by atoms with Crippen molar-refractivity contribution in [1.29, 1.82) is 0 Å². The minimum atomic E-state index is -0.00261. The van der Waals surface area contributed by atoms with Gasteiger partial charge in [-0.05, 0) is 25.9 Å². The van der Waals surface area contributed by atoms with E-state index in [1.54, 1.807) is 0 Å². The van der Waals surface area contributed by atoms with Crippen LogP contribution < -0.4 is 16.2 Å². The molecular weight excluding hydrogens is 270 g/mol. The van der Waals surface area contributed by atoms with Crippen LogP contribution in [0.4, 0.5) is 5.95 Å². The third-order valence-electron chi connectivity index (χ3n) is 3.99. The predicted octanol–water partition coefficient (Wildman–Crippen LogP) is -0.450. The first kappa shape index (κ1) is 14.5. The Kier molecular flexibility index (Phi) is 4.84. The summed E-state index contributed by atoms with van der Waals surface area (Å²) in [6.45, 7) is 7.09. The molecule has 0 saturated carbocycles. The largest absolute Gasteiger partial charge is 0.379 e. The highest BCUT2D eigenvalue weighted by atomic mass is 16.5. The van der Waals surface area contributed by atoms with Crippen LogP contribution in [0.1, 0.15) is 17.7 Å². The monoisotopic (exact) mass is 293 g/mol. The number of aromatic amines is 1. The van der Waals surface area contributed by atoms with Crippen molar-refractivity contribution in [3.8, 4) is 0 Å². The van der Waals surface area contributed by atoms with Gasteiger partial charge in [-0.3, -0.25) is 14.7 Å². The average molecular weight is 293 g/mol. The second kappa shape index (κ2) is 7.02. The molecule has 3 N–H and O–H groups in total. The Morgan fingerprint density at radius 1 is 1.33 bits per heavy atom. The first-order valence-corrected chi connectivity index (χ1v) is 7.70. The molecule has 0 aliphatic carbocycles. The highest BCUT2D eigenvalue weighted by Gasteiger charge is 2.15. The normalized spacial score (nSPS) is 19.2. The number of morpholine rings is 1. The number of aromatic nitrogens is 2. The Morgan fingerprint density at radius 3 is 3.05 bits per heavy atom. The molecule has 7 nitrogen and oxygen atoms in total. The molecule has 0 amide bonds. The minimum absolute atomic E-state index is 0.00261. The fraction of sp³-hybridized carbons (Fsp3) is 0.714. The lowest BCUT2D eigenvalue weighted by molar-refractivity contribution is 0.0378. The molecule has 0 radical (unpaired) electrons. The number of hydrogen-bond acceptors (Lipinski definition) is 6. The molecule has 1 aromatic heterocycles. The summed E-state index contributed by atoms with van der Waals surface area (Å²) in [5.41, 5.74) is 1.70. The Morgan fingerprint density at radius 2 is 2.19 bits per heavy atom. The Hall–Kier alpha value is -1.44. The molecule has 0 spiro atoms. The second-order valence-corrected chi connectivity index (χ2v) is 5.50. The molecule has 2 aliphatic rings. The molecule has 3 rings (SSSR count). The molecule has 1 aromatic rings. The van der Waals surface area contributed by atoms with Gasteiger partial charge >= 0.3 is 0 Å². The van der Waals surface area contributed by atoms with Crippen LogP contribution >= 0.6 is 0 Å². The summed E-state index contributed by atoms with van der Waals surface area (Å²) in [5, 5.41) is 6.47. The summed E-state index contributed by atoms with van der Waals surface area (Å²) in [6.07, 6.45) is 1.79. The summed E-state index contributed by atoms with van der Waals surface area (Å²) in [4.78, 5) is 21.7. The third kappa shape index (κ3) is 3.81. The van der Waals surface area contributed by atoms with Crippen molar-refractivity contribution in [3.05, 3.63) is 21.6 Å².